The second-order valence-corrected chi connectivity index (χ2v) is 9.31. The zero-order valence-corrected chi connectivity index (χ0v) is 20.3. The Morgan fingerprint density at radius 2 is 2.12 bits per heavy atom. The quantitative estimate of drug-likeness (QED) is 0.377. The molecule has 10 heteroatoms. The van der Waals surface area contributed by atoms with Crippen LogP contribution in [0.3, 0.4) is 0 Å². The van der Waals surface area contributed by atoms with Crippen molar-refractivity contribution in [3.63, 3.8) is 0 Å². The van der Waals surface area contributed by atoms with Crippen molar-refractivity contribution in [3.8, 4) is 0 Å². The summed E-state index contributed by atoms with van der Waals surface area (Å²) in [6.45, 7) is 3.19. The first-order valence-corrected chi connectivity index (χ1v) is 11.9. The highest BCUT2D eigenvalue weighted by Crippen LogP contribution is 2.31. The van der Waals surface area contributed by atoms with E-state index in [9.17, 15) is 4.79 Å². The van der Waals surface area contributed by atoms with E-state index < -0.39 is 0 Å². The monoisotopic (exact) mass is 498 g/mol. The van der Waals surface area contributed by atoms with Crippen molar-refractivity contribution < 1.29 is 9.53 Å². The summed E-state index contributed by atoms with van der Waals surface area (Å²) in [7, 11) is 1.65. The van der Waals surface area contributed by atoms with Crippen molar-refractivity contribution in [1.82, 2.24) is 24.8 Å². The van der Waals surface area contributed by atoms with Crippen LogP contribution in [0.1, 0.15) is 42.0 Å². The number of amides is 1. The summed E-state index contributed by atoms with van der Waals surface area (Å²) in [6.07, 6.45) is 3.35. The Balaban J connectivity index is 1.43. The number of rotatable bonds is 6. The van der Waals surface area contributed by atoms with Crippen LogP contribution in [0.25, 0.3) is 21.9 Å². The summed E-state index contributed by atoms with van der Waals surface area (Å²) in [4.78, 5) is 31.8. The van der Waals surface area contributed by atoms with Gasteiger partial charge in [0, 0.05) is 24.1 Å². The van der Waals surface area contributed by atoms with E-state index in [0.717, 1.165) is 35.1 Å². The number of methoxy groups -OCH3 is 1. The lowest BCUT2D eigenvalue weighted by Crippen LogP contribution is -2.38. The third kappa shape index (κ3) is 4.29. The summed E-state index contributed by atoms with van der Waals surface area (Å²) >= 11 is 12.7. The Hall–Kier alpha value is -2.94. The molecular weight excluding hydrogens is 475 g/mol. The Labute approximate surface area is 206 Å². The van der Waals surface area contributed by atoms with Gasteiger partial charge in [0.05, 0.1) is 45.8 Å². The zero-order valence-electron chi connectivity index (χ0n) is 18.8. The van der Waals surface area contributed by atoms with Crippen LogP contribution in [-0.2, 0) is 4.74 Å². The maximum absolute atomic E-state index is 13.3. The number of carbonyl (C=O) groups is 1. The SMILES string of the molecule is COC[C@@H]1CCCN1C(=O)c1cc2ncnc(N[C@@H](C)c3nc4ccc(Cl)cc4[nH]3)c2cc1Cl. The van der Waals surface area contributed by atoms with Crippen molar-refractivity contribution in [2.24, 2.45) is 0 Å². The van der Waals surface area contributed by atoms with Gasteiger partial charge in [0.1, 0.15) is 18.0 Å². The molecular formula is C24H24Cl2N6O2. The van der Waals surface area contributed by atoms with E-state index in [1.54, 1.807) is 19.2 Å². The molecule has 8 nitrogen and oxygen atoms in total. The molecule has 5 rings (SSSR count). The number of ether oxygens (including phenoxy) is 1. The highest BCUT2D eigenvalue weighted by Gasteiger charge is 2.30. The Bertz CT molecular complexity index is 1370. The van der Waals surface area contributed by atoms with Crippen molar-refractivity contribution >= 4 is 56.9 Å². The molecule has 1 amide bonds. The first kappa shape index (κ1) is 22.8. The lowest BCUT2D eigenvalue weighted by atomic mass is 10.1. The van der Waals surface area contributed by atoms with Crippen LogP contribution in [0.15, 0.2) is 36.7 Å². The molecule has 2 aromatic carbocycles. The van der Waals surface area contributed by atoms with Gasteiger partial charge in [-0.1, -0.05) is 23.2 Å². The third-order valence-electron chi connectivity index (χ3n) is 6.18. The molecule has 0 radical (unpaired) electrons. The number of aromatic nitrogens is 4. The van der Waals surface area contributed by atoms with Gasteiger partial charge < -0.3 is 19.9 Å². The van der Waals surface area contributed by atoms with E-state index in [0.29, 0.717) is 40.1 Å². The minimum Gasteiger partial charge on any atom is -0.383 e. The standard InChI is InChI=1S/C24H24Cl2N6O2/c1-13(22-30-19-6-5-14(25)8-21(19)31-22)29-23-17-9-18(26)16(10-20(17)27-12-28-23)24(33)32-7-3-4-15(32)11-34-2/h5-6,8-10,12-13,15H,3-4,7,11H2,1-2H3,(H,30,31)(H,27,28,29)/t13-,15-/m0/s1. The van der Waals surface area contributed by atoms with Crippen molar-refractivity contribution in [1.29, 1.82) is 0 Å². The van der Waals surface area contributed by atoms with Gasteiger partial charge in [-0.15, -0.1) is 0 Å². The number of aromatic amines is 1. The minimum absolute atomic E-state index is 0.0615. The first-order valence-electron chi connectivity index (χ1n) is 11.1. The predicted octanol–water partition coefficient (Wildman–Crippen LogP) is 5.24. The number of fused-ring (bicyclic) bond motifs is 2. The third-order valence-corrected chi connectivity index (χ3v) is 6.73. The molecule has 0 unspecified atom stereocenters. The van der Waals surface area contributed by atoms with E-state index in [2.05, 4.69) is 25.3 Å². The van der Waals surface area contributed by atoms with Gasteiger partial charge in [0.15, 0.2) is 0 Å². The smallest absolute Gasteiger partial charge is 0.255 e. The van der Waals surface area contributed by atoms with E-state index in [-0.39, 0.29) is 18.0 Å². The number of carbonyl (C=O) groups excluding carboxylic acids is 1. The van der Waals surface area contributed by atoms with Crippen LogP contribution in [0.5, 0.6) is 0 Å². The zero-order chi connectivity index (χ0) is 23.8. The molecule has 1 aliphatic rings. The lowest BCUT2D eigenvalue weighted by Gasteiger charge is -2.24. The van der Waals surface area contributed by atoms with E-state index in [1.807, 2.05) is 30.0 Å². The Kier molecular flexibility index (Phi) is 6.29. The fourth-order valence-corrected chi connectivity index (χ4v) is 4.88. The minimum atomic E-state index is -0.177. The molecule has 0 bridgehead atoms. The van der Waals surface area contributed by atoms with Crippen LogP contribution in [0, 0.1) is 0 Å². The molecule has 0 saturated carbocycles. The molecule has 176 valence electrons. The average molecular weight is 499 g/mol. The van der Waals surface area contributed by atoms with Crippen LogP contribution >= 0.6 is 23.2 Å². The second kappa shape index (κ2) is 9.37. The first-order chi connectivity index (χ1) is 16.4. The summed E-state index contributed by atoms with van der Waals surface area (Å²) in [5, 5.41) is 5.12. The topological polar surface area (TPSA) is 96.0 Å². The van der Waals surface area contributed by atoms with Gasteiger partial charge in [0.25, 0.3) is 5.91 Å². The van der Waals surface area contributed by atoms with E-state index >= 15 is 0 Å². The fraction of sp³-hybridized carbons (Fsp3) is 0.333. The number of imidazole rings is 1. The number of hydrogen-bond donors (Lipinski definition) is 2. The normalized spacial score (nSPS) is 16.9. The maximum Gasteiger partial charge on any atom is 0.255 e. The van der Waals surface area contributed by atoms with Gasteiger partial charge in [-0.3, -0.25) is 4.79 Å². The molecule has 4 aromatic rings. The van der Waals surface area contributed by atoms with Crippen LogP contribution < -0.4 is 5.32 Å². The number of benzene rings is 2. The summed E-state index contributed by atoms with van der Waals surface area (Å²) in [6, 6.07) is 8.90. The number of anilines is 1. The second-order valence-electron chi connectivity index (χ2n) is 8.47. The van der Waals surface area contributed by atoms with Gasteiger partial charge in [0.2, 0.25) is 0 Å². The Morgan fingerprint density at radius 1 is 1.26 bits per heavy atom. The molecule has 34 heavy (non-hydrogen) atoms. The fourth-order valence-electron chi connectivity index (χ4n) is 4.46. The summed E-state index contributed by atoms with van der Waals surface area (Å²) in [5.41, 5.74) is 2.77. The van der Waals surface area contributed by atoms with Crippen LogP contribution in [0.2, 0.25) is 10.0 Å². The van der Waals surface area contributed by atoms with Gasteiger partial charge in [-0.2, -0.15) is 0 Å². The van der Waals surface area contributed by atoms with Gasteiger partial charge in [-0.05, 0) is 50.1 Å². The summed E-state index contributed by atoms with van der Waals surface area (Å²) < 4.78 is 5.29. The molecule has 0 spiro atoms. The van der Waals surface area contributed by atoms with Crippen molar-refractivity contribution in [2.75, 3.05) is 25.6 Å². The maximum atomic E-state index is 13.3. The highest BCUT2D eigenvalue weighted by atomic mass is 35.5. The lowest BCUT2D eigenvalue weighted by molar-refractivity contribution is 0.0631. The molecule has 2 N–H and O–H groups in total. The van der Waals surface area contributed by atoms with Gasteiger partial charge >= 0.3 is 0 Å². The van der Waals surface area contributed by atoms with Crippen molar-refractivity contribution in [3.05, 3.63) is 58.1 Å². The molecule has 2 atom stereocenters. The molecule has 1 aliphatic heterocycles. The number of H-pyrrole nitrogens is 1. The number of nitrogens with zero attached hydrogens (tertiary/aromatic N) is 4. The number of halogens is 2. The van der Waals surface area contributed by atoms with E-state index in [4.69, 9.17) is 27.9 Å². The number of likely N-dealkylation sites (tertiary alicyclic amines) is 1. The molecule has 0 aliphatic carbocycles. The molecule has 1 fully saturated rings. The van der Waals surface area contributed by atoms with Crippen LogP contribution in [0.4, 0.5) is 5.82 Å². The highest BCUT2D eigenvalue weighted by molar-refractivity contribution is 6.35. The predicted molar refractivity (Wildman–Crippen MR) is 134 cm³/mol. The Morgan fingerprint density at radius 3 is 2.94 bits per heavy atom. The van der Waals surface area contributed by atoms with Crippen molar-refractivity contribution in [2.45, 2.75) is 31.8 Å². The molecule has 1 saturated heterocycles. The van der Waals surface area contributed by atoms with E-state index in [1.165, 1.54) is 6.33 Å². The average Bonchev–Trinajstić information content (AvgIpc) is 3.45. The molecule has 2 aromatic heterocycles. The number of hydrogen-bond acceptors (Lipinski definition) is 6. The summed E-state index contributed by atoms with van der Waals surface area (Å²) in [5.74, 6) is 1.25. The largest absolute Gasteiger partial charge is 0.383 e. The molecule has 3 heterocycles. The number of nitrogens with one attached hydrogen (secondary N) is 2. The van der Waals surface area contributed by atoms with Crippen LogP contribution in [-0.4, -0.2) is 57.0 Å². The van der Waals surface area contributed by atoms with Gasteiger partial charge in [-0.25, -0.2) is 15.0 Å².